The number of amides is 1. The third-order valence-electron chi connectivity index (χ3n) is 5.09. The average Bonchev–Trinajstić information content (AvgIpc) is 2.78. The Labute approximate surface area is 176 Å². The largest absolute Gasteiger partial charge is 0.489 e. The summed E-state index contributed by atoms with van der Waals surface area (Å²) in [6.45, 7) is 3.55. The van der Waals surface area contributed by atoms with Crippen molar-refractivity contribution in [3.63, 3.8) is 0 Å². The van der Waals surface area contributed by atoms with Crippen LogP contribution in [0.1, 0.15) is 15.9 Å². The molecule has 1 aliphatic rings. The number of anilines is 1. The lowest BCUT2D eigenvalue weighted by Gasteiger charge is -2.36. The molecule has 1 saturated heterocycles. The van der Waals surface area contributed by atoms with E-state index in [0.717, 1.165) is 30.1 Å². The Morgan fingerprint density at radius 1 is 0.862 bits per heavy atom. The highest BCUT2D eigenvalue weighted by Gasteiger charge is 2.22. The van der Waals surface area contributed by atoms with Crippen LogP contribution in [0, 0.1) is 0 Å². The Bertz CT molecular complexity index is 952. The molecule has 0 aliphatic carbocycles. The van der Waals surface area contributed by atoms with Gasteiger partial charge in [0, 0.05) is 42.5 Å². The number of ether oxygens (including phenoxy) is 1. The van der Waals surface area contributed by atoms with Crippen LogP contribution in [-0.4, -0.2) is 37.0 Å². The molecule has 0 spiro atoms. The van der Waals surface area contributed by atoms with Gasteiger partial charge < -0.3 is 14.5 Å². The van der Waals surface area contributed by atoms with Crippen LogP contribution in [0.15, 0.2) is 78.9 Å². The lowest BCUT2D eigenvalue weighted by molar-refractivity contribution is 0.0747. The zero-order valence-corrected chi connectivity index (χ0v) is 16.9. The van der Waals surface area contributed by atoms with E-state index in [1.54, 1.807) is 12.1 Å². The smallest absolute Gasteiger partial charge is 0.254 e. The van der Waals surface area contributed by atoms with E-state index >= 15 is 0 Å². The van der Waals surface area contributed by atoms with Crippen molar-refractivity contribution in [1.29, 1.82) is 0 Å². The number of piperazine rings is 1. The number of hydrogen-bond donors (Lipinski definition) is 0. The van der Waals surface area contributed by atoms with Gasteiger partial charge in [0.2, 0.25) is 0 Å². The van der Waals surface area contributed by atoms with E-state index in [2.05, 4.69) is 29.2 Å². The fraction of sp³-hybridized carbons (Fsp3) is 0.208. The van der Waals surface area contributed by atoms with Crippen LogP contribution in [0.5, 0.6) is 5.75 Å². The molecule has 1 heterocycles. The SMILES string of the molecule is O=C(c1cccc(Cl)c1)N1CCN(c2ccc(OCc3ccccc3)cc2)CC1. The maximum absolute atomic E-state index is 12.7. The number of carbonyl (C=O) groups excluding carboxylic acids is 1. The molecule has 0 N–H and O–H groups in total. The van der Waals surface area contributed by atoms with Crippen LogP contribution in [0.3, 0.4) is 0 Å². The molecule has 0 bridgehead atoms. The van der Waals surface area contributed by atoms with Gasteiger partial charge in [-0.3, -0.25) is 4.79 Å². The van der Waals surface area contributed by atoms with Gasteiger partial charge in [-0.2, -0.15) is 0 Å². The first-order valence-electron chi connectivity index (χ1n) is 9.76. The Morgan fingerprint density at radius 3 is 2.28 bits per heavy atom. The quantitative estimate of drug-likeness (QED) is 0.605. The molecule has 0 saturated carbocycles. The summed E-state index contributed by atoms with van der Waals surface area (Å²) in [4.78, 5) is 16.8. The van der Waals surface area contributed by atoms with Crippen LogP contribution in [0.2, 0.25) is 5.02 Å². The van der Waals surface area contributed by atoms with Crippen LogP contribution in [-0.2, 0) is 6.61 Å². The van der Waals surface area contributed by atoms with Crippen molar-refractivity contribution in [2.75, 3.05) is 31.1 Å². The molecule has 3 aromatic carbocycles. The van der Waals surface area contributed by atoms with Gasteiger partial charge in [0.05, 0.1) is 0 Å². The summed E-state index contributed by atoms with van der Waals surface area (Å²) in [6.07, 6.45) is 0. The highest BCUT2D eigenvalue weighted by molar-refractivity contribution is 6.30. The summed E-state index contributed by atoms with van der Waals surface area (Å²) >= 11 is 6.01. The van der Waals surface area contributed by atoms with Gasteiger partial charge >= 0.3 is 0 Å². The minimum atomic E-state index is 0.0387. The number of rotatable bonds is 5. The Morgan fingerprint density at radius 2 is 1.59 bits per heavy atom. The first-order chi connectivity index (χ1) is 14.2. The predicted molar refractivity (Wildman–Crippen MR) is 117 cm³/mol. The van der Waals surface area contributed by atoms with Gasteiger partial charge in [0.25, 0.3) is 5.91 Å². The summed E-state index contributed by atoms with van der Waals surface area (Å²) in [7, 11) is 0. The highest BCUT2D eigenvalue weighted by Crippen LogP contribution is 2.22. The molecule has 3 aromatic rings. The Balaban J connectivity index is 1.31. The topological polar surface area (TPSA) is 32.8 Å². The molecule has 0 radical (unpaired) electrons. The summed E-state index contributed by atoms with van der Waals surface area (Å²) in [5, 5.41) is 0.587. The van der Waals surface area contributed by atoms with Crippen molar-refractivity contribution in [2.45, 2.75) is 6.61 Å². The first kappa shape index (κ1) is 19.3. The van der Waals surface area contributed by atoms with Crippen molar-refractivity contribution in [2.24, 2.45) is 0 Å². The standard InChI is InChI=1S/C24H23ClN2O2/c25-21-8-4-7-20(17-21)24(28)27-15-13-26(14-16-27)22-9-11-23(12-10-22)29-18-19-5-2-1-3-6-19/h1-12,17H,13-16,18H2. The lowest BCUT2D eigenvalue weighted by atomic mass is 10.1. The maximum atomic E-state index is 12.7. The highest BCUT2D eigenvalue weighted by atomic mass is 35.5. The second kappa shape index (κ2) is 9.01. The van der Waals surface area contributed by atoms with Crippen LogP contribution in [0.25, 0.3) is 0 Å². The van der Waals surface area contributed by atoms with Crippen LogP contribution < -0.4 is 9.64 Å². The predicted octanol–water partition coefficient (Wildman–Crippen LogP) is 4.88. The molecule has 1 fully saturated rings. The fourth-order valence-corrected chi connectivity index (χ4v) is 3.66. The first-order valence-corrected chi connectivity index (χ1v) is 10.1. The summed E-state index contributed by atoms with van der Waals surface area (Å²) in [6, 6.07) is 25.4. The van der Waals surface area contributed by atoms with Gasteiger partial charge in [0.15, 0.2) is 0 Å². The second-order valence-corrected chi connectivity index (χ2v) is 7.49. The second-order valence-electron chi connectivity index (χ2n) is 7.06. The van der Waals surface area contributed by atoms with Gasteiger partial charge in [-0.05, 0) is 48.0 Å². The van der Waals surface area contributed by atoms with Crippen LogP contribution >= 0.6 is 11.6 Å². The molecule has 4 nitrogen and oxygen atoms in total. The third-order valence-corrected chi connectivity index (χ3v) is 5.32. The van der Waals surface area contributed by atoms with E-state index in [-0.39, 0.29) is 5.91 Å². The molecule has 0 aromatic heterocycles. The Kier molecular flexibility index (Phi) is 6.01. The van der Waals surface area contributed by atoms with Crippen molar-refractivity contribution in [3.8, 4) is 5.75 Å². The van der Waals surface area contributed by atoms with Crippen molar-refractivity contribution in [3.05, 3.63) is 95.0 Å². The fourth-order valence-electron chi connectivity index (χ4n) is 3.47. The molecule has 4 rings (SSSR count). The summed E-state index contributed by atoms with van der Waals surface area (Å²) < 4.78 is 5.86. The molecular weight excluding hydrogens is 384 g/mol. The van der Waals surface area contributed by atoms with Gasteiger partial charge in [-0.15, -0.1) is 0 Å². The number of hydrogen-bond acceptors (Lipinski definition) is 3. The van der Waals surface area contributed by atoms with Crippen molar-refractivity contribution in [1.82, 2.24) is 4.90 Å². The van der Waals surface area contributed by atoms with E-state index in [0.29, 0.717) is 30.3 Å². The minimum absolute atomic E-state index is 0.0387. The summed E-state index contributed by atoms with van der Waals surface area (Å²) in [5.74, 6) is 0.893. The normalized spacial score (nSPS) is 14.0. The van der Waals surface area contributed by atoms with E-state index in [9.17, 15) is 4.79 Å². The number of carbonyl (C=O) groups is 1. The zero-order valence-electron chi connectivity index (χ0n) is 16.1. The number of halogens is 1. The van der Waals surface area contributed by atoms with Gasteiger partial charge in [0.1, 0.15) is 12.4 Å². The molecule has 0 unspecified atom stereocenters. The van der Waals surface area contributed by atoms with E-state index in [4.69, 9.17) is 16.3 Å². The van der Waals surface area contributed by atoms with Crippen LogP contribution in [0.4, 0.5) is 5.69 Å². The molecule has 1 amide bonds. The monoisotopic (exact) mass is 406 g/mol. The number of benzene rings is 3. The molecular formula is C24H23ClN2O2. The molecule has 29 heavy (non-hydrogen) atoms. The lowest BCUT2D eigenvalue weighted by Crippen LogP contribution is -2.48. The van der Waals surface area contributed by atoms with E-state index in [1.165, 1.54) is 0 Å². The summed E-state index contributed by atoms with van der Waals surface area (Å²) in [5.41, 5.74) is 2.94. The van der Waals surface area contributed by atoms with Gasteiger partial charge in [-0.1, -0.05) is 48.0 Å². The van der Waals surface area contributed by atoms with Gasteiger partial charge in [-0.25, -0.2) is 0 Å². The molecule has 1 aliphatic heterocycles. The third kappa shape index (κ3) is 4.90. The van der Waals surface area contributed by atoms with Crippen molar-refractivity contribution >= 4 is 23.2 Å². The molecule has 0 atom stereocenters. The zero-order chi connectivity index (χ0) is 20.1. The Hall–Kier alpha value is -2.98. The molecule has 5 heteroatoms. The van der Waals surface area contributed by atoms with E-state index < -0.39 is 0 Å². The maximum Gasteiger partial charge on any atom is 0.254 e. The van der Waals surface area contributed by atoms with E-state index in [1.807, 2.05) is 47.4 Å². The average molecular weight is 407 g/mol. The number of nitrogens with zero attached hydrogens (tertiary/aromatic N) is 2. The van der Waals surface area contributed by atoms with Crippen molar-refractivity contribution < 1.29 is 9.53 Å². The molecule has 148 valence electrons. The minimum Gasteiger partial charge on any atom is -0.489 e.